The van der Waals surface area contributed by atoms with E-state index in [1.807, 2.05) is 26.0 Å². The Morgan fingerprint density at radius 2 is 1.88 bits per heavy atom. The third kappa shape index (κ3) is 5.76. The zero-order chi connectivity index (χ0) is 28.4. The summed E-state index contributed by atoms with van der Waals surface area (Å²) in [6.45, 7) is 6.43. The molecule has 5 rings (SSSR count). The van der Waals surface area contributed by atoms with Crippen molar-refractivity contribution in [3.8, 4) is 5.69 Å². The molecule has 12 heteroatoms. The lowest BCUT2D eigenvalue weighted by molar-refractivity contribution is -0.137. The van der Waals surface area contributed by atoms with Crippen LogP contribution in [0.2, 0.25) is 0 Å². The van der Waals surface area contributed by atoms with Crippen LogP contribution in [0.1, 0.15) is 39.7 Å². The molecule has 0 aliphatic rings. The molecule has 0 radical (unpaired) electrons. The van der Waals surface area contributed by atoms with Gasteiger partial charge in [0.15, 0.2) is 0 Å². The van der Waals surface area contributed by atoms with E-state index in [0.717, 1.165) is 22.4 Å². The second-order valence-electron chi connectivity index (χ2n) is 9.23. The van der Waals surface area contributed by atoms with Gasteiger partial charge in [-0.1, -0.05) is 6.07 Å². The number of thiophene rings is 1. The number of anilines is 3. The number of nitrogens with one attached hydrogen (secondary N) is 3. The lowest BCUT2D eigenvalue weighted by Gasteiger charge is -2.15. The van der Waals surface area contributed by atoms with E-state index in [-0.39, 0.29) is 12.5 Å². The van der Waals surface area contributed by atoms with E-state index in [9.17, 15) is 18.0 Å². The highest BCUT2D eigenvalue weighted by Gasteiger charge is 2.31. The van der Waals surface area contributed by atoms with Crippen LogP contribution in [0, 0.1) is 13.8 Å². The van der Waals surface area contributed by atoms with Crippen LogP contribution < -0.4 is 16.0 Å². The van der Waals surface area contributed by atoms with Crippen molar-refractivity contribution in [2.75, 3.05) is 22.5 Å². The summed E-state index contributed by atoms with van der Waals surface area (Å²) in [6.07, 6.45) is 0.0882. The van der Waals surface area contributed by atoms with Gasteiger partial charge in [0.25, 0.3) is 5.91 Å². The molecule has 0 spiro atoms. The molecule has 40 heavy (non-hydrogen) atoms. The Labute approximate surface area is 232 Å². The van der Waals surface area contributed by atoms with Crippen molar-refractivity contribution in [3.05, 3.63) is 88.6 Å². The molecule has 1 amide bonds. The molecule has 0 aliphatic heterocycles. The number of imidazole rings is 1. The minimum absolute atomic E-state index is 0.139. The molecule has 0 atom stereocenters. The highest BCUT2D eigenvalue weighted by Crippen LogP contribution is 2.33. The first kappa shape index (κ1) is 27.1. The first-order valence-corrected chi connectivity index (χ1v) is 13.3. The lowest BCUT2D eigenvalue weighted by Crippen LogP contribution is -2.13. The van der Waals surface area contributed by atoms with Crippen molar-refractivity contribution in [1.29, 1.82) is 0 Å². The SMILES string of the molecule is CCNc1ncnc2c(C(=O)Nc3cc(NCc4cc(-n5cnc(C)c5)cc(C(F)(F)F)c4)ccc3C)csc12. The Balaban J connectivity index is 1.36. The maximum Gasteiger partial charge on any atom is 0.416 e. The van der Waals surface area contributed by atoms with Crippen LogP contribution in [0.4, 0.5) is 30.4 Å². The number of carbonyl (C=O) groups excluding carboxylic acids is 1. The maximum atomic E-state index is 13.6. The van der Waals surface area contributed by atoms with Crippen molar-refractivity contribution < 1.29 is 18.0 Å². The third-order valence-electron chi connectivity index (χ3n) is 6.24. The second kappa shape index (κ2) is 11.0. The summed E-state index contributed by atoms with van der Waals surface area (Å²) in [4.78, 5) is 25.9. The van der Waals surface area contributed by atoms with Crippen molar-refractivity contribution in [3.63, 3.8) is 0 Å². The van der Waals surface area contributed by atoms with Gasteiger partial charge >= 0.3 is 6.18 Å². The van der Waals surface area contributed by atoms with E-state index < -0.39 is 11.7 Å². The first-order chi connectivity index (χ1) is 19.1. The minimum Gasteiger partial charge on any atom is -0.381 e. The van der Waals surface area contributed by atoms with Crippen molar-refractivity contribution in [2.45, 2.75) is 33.5 Å². The largest absolute Gasteiger partial charge is 0.416 e. The standard InChI is InChI=1S/C28H26F3N7OS/c1-4-32-26-25-24(34-14-35-26)22(13-40-25)27(39)37-23-10-20(6-5-16(23)2)33-11-18-7-19(28(29,30)31)9-21(8-18)38-12-17(3)36-15-38/h5-10,12-15,33H,4,11H2,1-3H3,(H,37,39)(H,32,34,35). The Hall–Kier alpha value is -4.45. The first-order valence-electron chi connectivity index (χ1n) is 12.5. The van der Waals surface area contributed by atoms with Crippen molar-refractivity contribution >= 4 is 44.7 Å². The summed E-state index contributed by atoms with van der Waals surface area (Å²) < 4.78 is 43.3. The average Bonchev–Trinajstić information content (AvgIpc) is 3.56. The van der Waals surface area contributed by atoms with Gasteiger partial charge in [0.2, 0.25) is 0 Å². The molecule has 0 saturated carbocycles. The van der Waals surface area contributed by atoms with Gasteiger partial charge in [-0.3, -0.25) is 4.79 Å². The maximum absolute atomic E-state index is 13.6. The number of nitrogens with zero attached hydrogens (tertiary/aromatic N) is 4. The fourth-order valence-corrected chi connectivity index (χ4v) is 5.18. The summed E-state index contributed by atoms with van der Waals surface area (Å²) in [5.74, 6) is 0.366. The quantitative estimate of drug-likeness (QED) is 0.191. The number of benzene rings is 2. The Morgan fingerprint density at radius 1 is 1.05 bits per heavy atom. The monoisotopic (exact) mass is 565 g/mol. The molecule has 8 nitrogen and oxygen atoms in total. The Bertz CT molecular complexity index is 1690. The van der Waals surface area contributed by atoms with Crippen LogP contribution in [-0.4, -0.2) is 32.0 Å². The van der Waals surface area contributed by atoms with E-state index in [2.05, 4.69) is 30.9 Å². The number of carbonyl (C=O) groups is 1. The number of aryl methyl sites for hydroxylation is 2. The fourth-order valence-electron chi connectivity index (χ4n) is 4.22. The van der Waals surface area contributed by atoms with E-state index in [0.29, 0.717) is 51.8 Å². The summed E-state index contributed by atoms with van der Waals surface area (Å²) in [5, 5.41) is 11.0. The predicted octanol–water partition coefficient (Wildman–Crippen LogP) is 6.81. The summed E-state index contributed by atoms with van der Waals surface area (Å²) in [7, 11) is 0. The fraction of sp³-hybridized carbons (Fsp3) is 0.214. The van der Waals surface area contributed by atoms with Crippen LogP contribution in [0.15, 0.2) is 60.6 Å². The number of fused-ring (bicyclic) bond motifs is 1. The molecule has 206 valence electrons. The predicted molar refractivity (Wildman–Crippen MR) is 151 cm³/mol. The highest BCUT2D eigenvalue weighted by molar-refractivity contribution is 7.18. The third-order valence-corrected chi connectivity index (χ3v) is 7.22. The molecule has 0 saturated heterocycles. The average molecular weight is 566 g/mol. The number of halogens is 3. The van der Waals surface area contributed by atoms with Gasteiger partial charge in [0, 0.05) is 41.7 Å². The van der Waals surface area contributed by atoms with Crippen LogP contribution in [-0.2, 0) is 12.7 Å². The number of amides is 1. The van der Waals surface area contributed by atoms with Crippen molar-refractivity contribution in [1.82, 2.24) is 19.5 Å². The lowest BCUT2D eigenvalue weighted by atomic mass is 10.1. The highest BCUT2D eigenvalue weighted by atomic mass is 32.1. The molecule has 0 aliphatic carbocycles. The van der Waals surface area contributed by atoms with Crippen LogP contribution in [0.5, 0.6) is 0 Å². The summed E-state index contributed by atoms with van der Waals surface area (Å²) in [5.41, 5.74) is 3.83. The number of hydrogen-bond donors (Lipinski definition) is 3. The topological polar surface area (TPSA) is 96.8 Å². The number of rotatable bonds is 8. The van der Waals surface area contributed by atoms with E-state index in [1.54, 1.807) is 35.2 Å². The molecule has 3 heterocycles. The molecule has 2 aromatic carbocycles. The van der Waals surface area contributed by atoms with E-state index in [4.69, 9.17) is 0 Å². The Kier molecular flexibility index (Phi) is 7.44. The van der Waals surface area contributed by atoms with Gasteiger partial charge in [-0.25, -0.2) is 15.0 Å². The molecule has 3 N–H and O–H groups in total. The van der Waals surface area contributed by atoms with Gasteiger partial charge in [0.05, 0.1) is 33.4 Å². The van der Waals surface area contributed by atoms with Crippen LogP contribution in [0.3, 0.4) is 0 Å². The molecule has 0 fully saturated rings. The van der Waals surface area contributed by atoms with Crippen molar-refractivity contribution in [2.24, 2.45) is 0 Å². The minimum atomic E-state index is -4.49. The molecule has 0 unspecified atom stereocenters. The second-order valence-corrected chi connectivity index (χ2v) is 10.1. The van der Waals surface area contributed by atoms with Crippen LogP contribution >= 0.6 is 11.3 Å². The number of alkyl halides is 3. The van der Waals surface area contributed by atoms with Gasteiger partial charge < -0.3 is 20.5 Å². The number of aromatic nitrogens is 4. The van der Waals surface area contributed by atoms with E-state index >= 15 is 0 Å². The Morgan fingerprint density at radius 3 is 2.60 bits per heavy atom. The zero-order valence-corrected chi connectivity index (χ0v) is 22.7. The molecule has 5 aromatic rings. The summed E-state index contributed by atoms with van der Waals surface area (Å²) >= 11 is 1.39. The van der Waals surface area contributed by atoms with E-state index in [1.165, 1.54) is 24.0 Å². The molecule has 3 aromatic heterocycles. The van der Waals surface area contributed by atoms with Gasteiger partial charge in [-0.05, 0) is 62.2 Å². The zero-order valence-electron chi connectivity index (χ0n) is 21.9. The van der Waals surface area contributed by atoms with Gasteiger partial charge in [-0.2, -0.15) is 13.2 Å². The molecule has 0 bridgehead atoms. The van der Waals surface area contributed by atoms with Gasteiger partial charge in [-0.15, -0.1) is 11.3 Å². The number of hydrogen-bond acceptors (Lipinski definition) is 7. The van der Waals surface area contributed by atoms with Crippen LogP contribution in [0.25, 0.3) is 15.9 Å². The molecular formula is C28H26F3N7OS. The van der Waals surface area contributed by atoms with Gasteiger partial charge in [0.1, 0.15) is 12.1 Å². The molecular weight excluding hydrogens is 539 g/mol. The summed E-state index contributed by atoms with van der Waals surface area (Å²) in [6, 6.07) is 9.32. The normalized spacial score (nSPS) is 11.6. The smallest absolute Gasteiger partial charge is 0.381 e.